The molecule has 0 aliphatic carbocycles. The molecule has 1 aromatic carbocycles. The van der Waals surface area contributed by atoms with Crippen LogP contribution in [-0.2, 0) is 0 Å². The molecule has 1 rings (SSSR count). The lowest BCUT2D eigenvalue weighted by Crippen LogP contribution is -2.00. The molecule has 4 heteroatoms. The number of carbonyl (C=O) groups is 1. The summed E-state index contributed by atoms with van der Waals surface area (Å²) < 4.78 is 18.5. The summed E-state index contributed by atoms with van der Waals surface area (Å²) in [6.07, 6.45) is 0. The number of methoxy groups -OCH3 is 1. The van der Waals surface area contributed by atoms with Crippen molar-refractivity contribution < 1.29 is 13.9 Å². The van der Waals surface area contributed by atoms with Gasteiger partial charge in [-0.3, -0.25) is 4.79 Å². The average Bonchev–Trinajstić information content (AvgIpc) is 2.02. The van der Waals surface area contributed by atoms with Gasteiger partial charge in [0.25, 0.3) is 0 Å². The van der Waals surface area contributed by atoms with Gasteiger partial charge in [0.2, 0.25) is 0 Å². The lowest BCUT2D eigenvalue weighted by molar-refractivity contribution is 0.101. The van der Waals surface area contributed by atoms with Crippen molar-refractivity contribution in [3.63, 3.8) is 0 Å². The van der Waals surface area contributed by atoms with Gasteiger partial charge < -0.3 is 4.74 Å². The van der Waals surface area contributed by atoms with Crippen molar-refractivity contribution in [2.24, 2.45) is 0 Å². The maximum Gasteiger partial charge on any atom is 0.163 e. The number of ether oxygens (including phenoxy) is 1. The van der Waals surface area contributed by atoms with Crippen molar-refractivity contribution in [1.29, 1.82) is 0 Å². The van der Waals surface area contributed by atoms with E-state index in [9.17, 15) is 9.18 Å². The van der Waals surface area contributed by atoms with Crippen molar-refractivity contribution >= 4 is 28.4 Å². The second-order valence-corrected chi connectivity index (χ2v) is 3.69. The van der Waals surface area contributed by atoms with Crippen molar-refractivity contribution in [2.45, 2.75) is 6.92 Å². The molecule has 0 N–H and O–H groups in total. The van der Waals surface area contributed by atoms with E-state index in [1.165, 1.54) is 26.2 Å². The Kier molecular flexibility index (Phi) is 3.24. The molecule has 70 valence electrons. The molecule has 0 radical (unpaired) electrons. The molecule has 13 heavy (non-hydrogen) atoms. The molecule has 0 saturated heterocycles. The maximum atomic E-state index is 12.9. The lowest BCUT2D eigenvalue weighted by Gasteiger charge is -2.07. The van der Waals surface area contributed by atoms with Gasteiger partial charge in [-0.05, 0) is 41.6 Å². The number of hydrogen-bond donors (Lipinski definition) is 0. The first-order valence-corrected chi connectivity index (χ1v) is 4.68. The van der Waals surface area contributed by atoms with Crippen LogP contribution in [0.25, 0.3) is 0 Å². The highest BCUT2D eigenvalue weighted by atomic mass is 127. The number of halogens is 2. The van der Waals surface area contributed by atoms with E-state index in [1.807, 2.05) is 22.6 Å². The fraction of sp³-hybridized carbons (Fsp3) is 0.222. The number of rotatable bonds is 2. The second-order valence-electron chi connectivity index (χ2n) is 2.52. The predicted octanol–water partition coefficient (Wildman–Crippen LogP) is 2.64. The van der Waals surface area contributed by atoms with Gasteiger partial charge in [0.05, 0.1) is 16.2 Å². The standard InChI is InChI=1S/C9H8FIO2/c1-5(12)7-3-6(10)4-8(11)9(7)13-2/h3-4H,1-2H3. The van der Waals surface area contributed by atoms with E-state index in [4.69, 9.17) is 4.74 Å². The number of hydrogen-bond acceptors (Lipinski definition) is 2. The summed E-state index contributed by atoms with van der Waals surface area (Å²) in [5, 5.41) is 0. The van der Waals surface area contributed by atoms with E-state index in [0.717, 1.165) is 0 Å². The van der Waals surface area contributed by atoms with E-state index in [-0.39, 0.29) is 11.3 Å². The van der Waals surface area contributed by atoms with Crippen LogP contribution in [0, 0.1) is 9.39 Å². The minimum absolute atomic E-state index is 0.200. The quantitative estimate of drug-likeness (QED) is 0.619. The zero-order valence-electron chi connectivity index (χ0n) is 7.23. The van der Waals surface area contributed by atoms with Crippen LogP contribution in [0.2, 0.25) is 0 Å². The molecular formula is C9H8FIO2. The molecule has 0 saturated carbocycles. The Labute approximate surface area is 89.2 Å². The Morgan fingerprint density at radius 1 is 1.54 bits per heavy atom. The zero-order valence-corrected chi connectivity index (χ0v) is 9.38. The Balaban J connectivity index is 3.38. The molecule has 0 aliphatic heterocycles. The van der Waals surface area contributed by atoms with Crippen LogP contribution in [0.4, 0.5) is 4.39 Å². The van der Waals surface area contributed by atoms with Crippen LogP contribution < -0.4 is 4.74 Å². The lowest BCUT2D eigenvalue weighted by atomic mass is 10.1. The van der Waals surface area contributed by atoms with E-state index in [1.54, 1.807) is 0 Å². The van der Waals surface area contributed by atoms with Gasteiger partial charge >= 0.3 is 0 Å². The molecule has 1 aromatic rings. The molecule has 0 aromatic heterocycles. The first kappa shape index (κ1) is 10.4. The van der Waals surface area contributed by atoms with Crippen LogP contribution >= 0.6 is 22.6 Å². The first-order valence-electron chi connectivity index (χ1n) is 3.60. The largest absolute Gasteiger partial charge is 0.495 e. The molecule has 0 heterocycles. The normalized spacial score (nSPS) is 9.85. The van der Waals surface area contributed by atoms with Crippen molar-refractivity contribution in [3.05, 3.63) is 27.1 Å². The summed E-state index contributed by atoms with van der Waals surface area (Å²) in [6.45, 7) is 1.38. The molecule has 0 atom stereocenters. The summed E-state index contributed by atoms with van der Waals surface area (Å²) in [5.74, 6) is -0.181. The highest BCUT2D eigenvalue weighted by Crippen LogP contribution is 2.26. The summed E-state index contributed by atoms with van der Waals surface area (Å²) >= 11 is 1.93. The number of benzene rings is 1. The third-order valence-electron chi connectivity index (χ3n) is 1.59. The molecule has 0 unspecified atom stereocenters. The average molecular weight is 294 g/mol. The molecule has 0 amide bonds. The minimum atomic E-state index is -0.421. The minimum Gasteiger partial charge on any atom is -0.495 e. The predicted molar refractivity (Wildman–Crippen MR) is 55.7 cm³/mol. The van der Waals surface area contributed by atoms with Gasteiger partial charge in [-0.25, -0.2) is 4.39 Å². The maximum absolute atomic E-state index is 12.9. The Morgan fingerprint density at radius 2 is 2.15 bits per heavy atom. The first-order chi connectivity index (χ1) is 6.06. The van der Waals surface area contributed by atoms with Gasteiger partial charge in [-0.2, -0.15) is 0 Å². The van der Waals surface area contributed by atoms with Crippen molar-refractivity contribution in [3.8, 4) is 5.75 Å². The van der Waals surface area contributed by atoms with Crippen molar-refractivity contribution in [1.82, 2.24) is 0 Å². The summed E-state index contributed by atoms with van der Waals surface area (Å²) in [4.78, 5) is 11.1. The van der Waals surface area contributed by atoms with E-state index in [2.05, 4.69) is 0 Å². The highest BCUT2D eigenvalue weighted by molar-refractivity contribution is 14.1. The fourth-order valence-corrected chi connectivity index (χ4v) is 1.84. The molecule has 0 spiro atoms. The molecule has 0 bridgehead atoms. The van der Waals surface area contributed by atoms with Gasteiger partial charge in [-0.1, -0.05) is 0 Å². The van der Waals surface area contributed by atoms with Crippen molar-refractivity contribution in [2.75, 3.05) is 7.11 Å². The second kappa shape index (κ2) is 4.04. The van der Waals surface area contributed by atoms with Crippen LogP contribution in [0.5, 0.6) is 5.75 Å². The molecule has 0 fully saturated rings. The number of Topliss-reactive ketones (excluding diaryl/α,β-unsaturated/α-hetero) is 1. The highest BCUT2D eigenvalue weighted by Gasteiger charge is 2.13. The number of carbonyl (C=O) groups excluding carboxylic acids is 1. The summed E-state index contributed by atoms with van der Waals surface area (Å²) in [5.41, 5.74) is 0.284. The smallest absolute Gasteiger partial charge is 0.163 e. The molecule has 0 aliphatic rings. The monoisotopic (exact) mass is 294 g/mol. The topological polar surface area (TPSA) is 26.3 Å². The van der Waals surface area contributed by atoms with Crippen LogP contribution in [-0.4, -0.2) is 12.9 Å². The Hall–Kier alpha value is -0.650. The third-order valence-corrected chi connectivity index (χ3v) is 2.39. The van der Waals surface area contributed by atoms with E-state index in [0.29, 0.717) is 9.32 Å². The zero-order chi connectivity index (χ0) is 10.0. The van der Waals surface area contributed by atoms with Gasteiger partial charge in [0.1, 0.15) is 11.6 Å². The Morgan fingerprint density at radius 3 is 2.62 bits per heavy atom. The van der Waals surface area contributed by atoms with Crippen LogP contribution in [0.15, 0.2) is 12.1 Å². The van der Waals surface area contributed by atoms with E-state index >= 15 is 0 Å². The summed E-state index contributed by atoms with van der Waals surface area (Å²) in [7, 11) is 1.46. The van der Waals surface area contributed by atoms with Gasteiger partial charge in [0, 0.05) is 0 Å². The van der Waals surface area contributed by atoms with E-state index < -0.39 is 5.82 Å². The van der Waals surface area contributed by atoms with Crippen LogP contribution in [0.1, 0.15) is 17.3 Å². The summed E-state index contributed by atoms with van der Waals surface area (Å²) in [6, 6.07) is 2.51. The molecular weight excluding hydrogens is 286 g/mol. The van der Waals surface area contributed by atoms with Gasteiger partial charge in [-0.15, -0.1) is 0 Å². The van der Waals surface area contributed by atoms with Gasteiger partial charge in [0.15, 0.2) is 5.78 Å². The SMILES string of the molecule is COc1c(I)cc(F)cc1C(C)=O. The third kappa shape index (κ3) is 2.18. The van der Waals surface area contributed by atoms with Crippen LogP contribution in [0.3, 0.4) is 0 Å². The number of ketones is 1. The fourth-order valence-electron chi connectivity index (χ4n) is 1.03. The molecule has 2 nitrogen and oxygen atoms in total. The Bertz CT molecular complexity index is 350.